The lowest BCUT2D eigenvalue weighted by Gasteiger charge is -2.34. The van der Waals surface area contributed by atoms with Crippen LogP contribution in [0.1, 0.15) is 38.7 Å². The lowest BCUT2D eigenvalue weighted by atomic mass is 9.80. The monoisotopic (exact) mass is 235 g/mol. The molecule has 3 atom stereocenters. The lowest BCUT2D eigenvalue weighted by molar-refractivity contribution is 0.280. The van der Waals surface area contributed by atoms with Crippen LogP contribution in [0.15, 0.2) is 18.2 Å². The van der Waals surface area contributed by atoms with Crippen molar-refractivity contribution in [3.8, 4) is 0 Å². The molecule has 1 nitrogen and oxygen atoms in total. The summed E-state index contributed by atoms with van der Waals surface area (Å²) < 4.78 is 13.5. The van der Waals surface area contributed by atoms with Crippen molar-refractivity contribution in [2.75, 3.05) is 5.32 Å². The van der Waals surface area contributed by atoms with Crippen LogP contribution < -0.4 is 5.32 Å². The molecule has 1 aliphatic rings. The van der Waals surface area contributed by atoms with Gasteiger partial charge in [0, 0.05) is 11.7 Å². The van der Waals surface area contributed by atoms with Crippen molar-refractivity contribution in [3.63, 3.8) is 0 Å². The molecular formula is C15H22FN. The molecule has 1 fully saturated rings. The molecule has 17 heavy (non-hydrogen) atoms. The molecular weight excluding hydrogens is 213 g/mol. The second kappa shape index (κ2) is 5.07. The van der Waals surface area contributed by atoms with E-state index in [1.807, 2.05) is 12.1 Å². The molecule has 0 spiro atoms. The molecule has 1 aromatic carbocycles. The van der Waals surface area contributed by atoms with Crippen molar-refractivity contribution in [2.24, 2.45) is 11.8 Å². The second-order valence-corrected chi connectivity index (χ2v) is 5.61. The Morgan fingerprint density at radius 2 is 2.00 bits per heavy atom. The highest BCUT2D eigenvalue weighted by Gasteiger charge is 2.25. The van der Waals surface area contributed by atoms with E-state index < -0.39 is 0 Å². The molecule has 0 aliphatic heterocycles. The standard InChI is InChI=1S/C15H22FN/c1-10-4-5-12(3)15(8-10)17-13-7-6-11(2)14(16)9-13/h6-7,9-10,12,15,17H,4-5,8H2,1-3H3. The van der Waals surface area contributed by atoms with Gasteiger partial charge < -0.3 is 5.32 Å². The Morgan fingerprint density at radius 1 is 1.24 bits per heavy atom. The zero-order chi connectivity index (χ0) is 12.4. The SMILES string of the molecule is Cc1ccc(NC2CC(C)CCC2C)cc1F. The second-order valence-electron chi connectivity index (χ2n) is 5.61. The molecule has 1 aromatic rings. The van der Waals surface area contributed by atoms with Gasteiger partial charge in [-0.25, -0.2) is 4.39 Å². The molecule has 0 bridgehead atoms. The minimum atomic E-state index is -0.119. The highest BCUT2D eigenvalue weighted by Crippen LogP contribution is 2.30. The summed E-state index contributed by atoms with van der Waals surface area (Å²) in [6.07, 6.45) is 3.78. The lowest BCUT2D eigenvalue weighted by Crippen LogP contribution is -2.33. The predicted octanol–water partition coefficient (Wildman–Crippen LogP) is 4.37. The van der Waals surface area contributed by atoms with E-state index in [9.17, 15) is 4.39 Å². The van der Waals surface area contributed by atoms with Crippen LogP contribution in [-0.2, 0) is 0 Å². The van der Waals surface area contributed by atoms with Crippen LogP contribution >= 0.6 is 0 Å². The first kappa shape index (κ1) is 12.4. The molecule has 0 radical (unpaired) electrons. The number of hydrogen-bond donors (Lipinski definition) is 1. The summed E-state index contributed by atoms with van der Waals surface area (Å²) in [4.78, 5) is 0. The van der Waals surface area contributed by atoms with E-state index >= 15 is 0 Å². The summed E-state index contributed by atoms with van der Waals surface area (Å²) in [7, 11) is 0. The van der Waals surface area contributed by atoms with Gasteiger partial charge in [0.1, 0.15) is 5.82 Å². The van der Waals surface area contributed by atoms with Gasteiger partial charge in [-0.15, -0.1) is 0 Å². The van der Waals surface area contributed by atoms with Crippen LogP contribution in [0, 0.1) is 24.6 Å². The van der Waals surface area contributed by atoms with Crippen LogP contribution in [0.4, 0.5) is 10.1 Å². The predicted molar refractivity (Wildman–Crippen MR) is 70.7 cm³/mol. The van der Waals surface area contributed by atoms with Crippen molar-refractivity contribution >= 4 is 5.69 Å². The maximum atomic E-state index is 13.5. The average molecular weight is 235 g/mol. The van der Waals surface area contributed by atoms with Gasteiger partial charge in [0.05, 0.1) is 0 Å². The quantitative estimate of drug-likeness (QED) is 0.802. The zero-order valence-electron chi connectivity index (χ0n) is 11.0. The Labute approximate surface area is 103 Å². The van der Waals surface area contributed by atoms with Crippen LogP contribution in [0.2, 0.25) is 0 Å². The summed E-state index contributed by atoms with van der Waals surface area (Å²) >= 11 is 0. The fourth-order valence-electron chi connectivity index (χ4n) is 2.63. The van der Waals surface area contributed by atoms with Gasteiger partial charge in [-0.1, -0.05) is 26.3 Å². The van der Waals surface area contributed by atoms with E-state index in [4.69, 9.17) is 0 Å². The van der Waals surface area contributed by atoms with Crippen molar-refractivity contribution in [2.45, 2.75) is 46.1 Å². The highest BCUT2D eigenvalue weighted by atomic mass is 19.1. The van der Waals surface area contributed by atoms with Crippen LogP contribution in [-0.4, -0.2) is 6.04 Å². The summed E-state index contributed by atoms with van der Waals surface area (Å²) in [5.41, 5.74) is 1.62. The smallest absolute Gasteiger partial charge is 0.128 e. The van der Waals surface area contributed by atoms with Crippen molar-refractivity contribution in [1.29, 1.82) is 0 Å². The number of aryl methyl sites for hydroxylation is 1. The summed E-state index contributed by atoms with van der Waals surface area (Å²) in [6.45, 7) is 6.38. The average Bonchev–Trinajstić information content (AvgIpc) is 2.29. The molecule has 1 saturated carbocycles. The minimum Gasteiger partial charge on any atom is -0.382 e. The number of nitrogens with one attached hydrogen (secondary N) is 1. The fraction of sp³-hybridized carbons (Fsp3) is 0.600. The molecule has 94 valence electrons. The number of hydrogen-bond acceptors (Lipinski definition) is 1. The first-order valence-corrected chi connectivity index (χ1v) is 6.59. The maximum absolute atomic E-state index is 13.5. The van der Waals surface area contributed by atoms with Gasteiger partial charge in [0.25, 0.3) is 0 Å². The Morgan fingerprint density at radius 3 is 2.71 bits per heavy atom. The Kier molecular flexibility index (Phi) is 3.70. The number of benzene rings is 1. The maximum Gasteiger partial charge on any atom is 0.128 e. The first-order valence-electron chi connectivity index (χ1n) is 6.59. The Bertz CT molecular complexity index is 389. The van der Waals surface area contributed by atoms with Crippen molar-refractivity contribution < 1.29 is 4.39 Å². The van der Waals surface area contributed by atoms with Gasteiger partial charge in [0.2, 0.25) is 0 Å². The number of anilines is 1. The molecule has 2 heteroatoms. The van der Waals surface area contributed by atoms with Crippen molar-refractivity contribution in [1.82, 2.24) is 0 Å². The third-order valence-electron chi connectivity index (χ3n) is 3.98. The number of halogens is 1. The molecule has 2 rings (SSSR count). The van der Waals surface area contributed by atoms with Gasteiger partial charge in [-0.3, -0.25) is 0 Å². The zero-order valence-corrected chi connectivity index (χ0v) is 11.0. The molecule has 0 amide bonds. The van der Waals surface area contributed by atoms with E-state index in [0.29, 0.717) is 17.5 Å². The largest absolute Gasteiger partial charge is 0.382 e. The summed E-state index contributed by atoms with van der Waals surface area (Å²) in [5, 5.41) is 3.49. The van der Waals surface area contributed by atoms with E-state index in [1.165, 1.54) is 19.3 Å². The van der Waals surface area contributed by atoms with Gasteiger partial charge in [-0.2, -0.15) is 0 Å². The Balaban J connectivity index is 2.06. The number of rotatable bonds is 2. The molecule has 0 saturated heterocycles. The van der Waals surface area contributed by atoms with Gasteiger partial charge in [-0.05, 0) is 49.3 Å². The first-order chi connectivity index (χ1) is 8.06. The summed E-state index contributed by atoms with van der Waals surface area (Å²) in [5.74, 6) is 1.33. The Hall–Kier alpha value is -1.05. The third kappa shape index (κ3) is 2.99. The van der Waals surface area contributed by atoms with Crippen LogP contribution in [0.3, 0.4) is 0 Å². The van der Waals surface area contributed by atoms with E-state index in [0.717, 1.165) is 11.6 Å². The molecule has 1 N–H and O–H groups in total. The van der Waals surface area contributed by atoms with E-state index in [-0.39, 0.29) is 5.82 Å². The third-order valence-corrected chi connectivity index (χ3v) is 3.98. The van der Waals surface area contributed by atoms with Crippen LogP contribution in [0.5, 0.6) is 0 Å². The highest BCUT2D eigenvalue weighted by molar-refractivity contribution is 5.46. The molecule has 3 unspecified atom stereocenters. The molecule has 1 aliphatic carbocycles. The molecule has 0 aromatic heterocycles. The van der Waals surface area contributed by atoms with E-state index in [2.05, 4.69) is 19.2 Å². The normalized spacial score (nSPS) is 29.1. The van der Waals surface area contributed by atoms with Gasteiger partial charge >= 0.3 is 0 Å². The van der Waals surface area contributed by atoms with E-state index in [1.54, 1.807) is 13.0 Å². The minimum absolute atomic E-state index is 0.119. The fourth-order valence-corrected chi connectivity index (χ4v) is 2.63. The molecule has 0 heterocycles. The van der Waals surface area contributed by atoms with Crippen molar-refractivity contribution in [3.05, 3.63) is 29.6 Å². The topological polar surface area (TPSA) is 12.0 Å². The van der Waals surface area contributed by atoms with Gasteiger partial charge in [0.15, 0.2) is 0 Å². The van der Waals surface area contributed by atoms with Crippen LogP contribution in [0.25, 0.3) is 0 Å². The summed E-state index contributed by atoms with van der Waals surface area (Å²) in [6, 6.07) is 5.92.